The van der Waals surface area contributed by atoms with Gasteiger partial charge in [-0.15, -0.1) is 11.3 Å². The van der Waals surface area contributed by atoms with E-state index in [0.717, 1.165) is 23.3 Å². The van der Waals surface area contributed by atoms with Crippen LogP contribution >= 0.6 is 27.3 Å². The summed E-state index contributed by atoms with van der Waals surface area (Å²) >= 11 is 4.80. The van der Waals surface area contributed by atoms with Crippen LogP contribution in [0.5, 0.6) is 5.75 Å². The number of hydrogen-bond acceptors (Lipinski definition) is 4. The smallest absolute Gasteiger partial charge is 0.264 e. The standard InChI is InChI=1S/C12H17BrN2O2S/c1-12(6-14)3-4-15(7-12)11(16)9-5-8(17-2)10(13)18-9/h5H,3-4,6-7,14H2,1-2H3. The minimum atomic E-state index is 0.0637. The quantitative estimate of drug-likeness (QED) is 0.924. The van der Waals surface area contributed by atoms with Crippen LogP contribution in [-0.2, 0) is 0 Å². The van der Waals surface area contributed by atoms with E-state index in [4.69, 9.17) is 10.5 Å². The van der Waals surface area contributed by atoms with Gasteiger partial charge in [0, 0.05) is 19.2 Å². The molecule has 0 spiro atoms. The van der Waals surface area contributed by atoms with E-state index in [-0.39, 0.29) is 11.3 Å². The van der Waals surface area contributed by atoms with Gasteiger partial charge < -0.3 is 15.4 Å². The number of amides is 1. The van der Waals surface area contributed by atoms with Crippen LogP contribution in [0.2, 0.25) is 0 Å². The van der Waals surface area contributed by atoms with E-state index in [9.17, 15) is 4.79 Å². The lowest BCUT2D eigenvalue weighted by molar-refractivity contribution is 0.0781. The number of ether oxygens (including phenoxy) is 1. The molecule has 1 atom stereocenters. The van der Waals surface area contributed by atoms with E-state index in [1.54, 1.807) is 13.2 Å². The first kappa shape index (κ1) is 13.8. The van der Waals surface area contributed by atoms with E-state index in [0.29, 0.717) is 17.2 Å². The second-order valence-corrected chi connectivity index (χ2v) is 7.31. The van der Waals surface area contributed by atoms with Crippen LogP contribution in [0.1, 0.15) is 23.0 Å². The summed E-state index contributed by atoms with van der Waals surface area (Å²) in [4.78, 5) is 14.9. The molecular weight excluding hydrogens is 316 g/mol. The van der Waals surface area contributed by atoms with Gasteiger partial charge in [-0.25, -0.2) is 0 Å². The highest BCUT2D eigenvalue weighted by atomic mass is 79.9. The van der Waals surface area contributed by atoms with E-state index in [1.807, 2.05) is 4.90 Å². The van der Waals surface area contributed by atoms with Crippen molar-refractivity contribution in [2.45, 2.75) is 13.3 Å². The maximum atomic E-state index is 12.4. The van der Waals surface area contributed by atoms with Crippen LogP contribution in [-0.4, -0.2) is 37.6 Å². The molecule has 0 saturated carbocycles. The summed E-state index contributed by atoms with van der Waals surface area (Å²) in [5.74, 6) is 0.783. The molecule has 4 nitrogen and oxygen atoms in total. The van der Waals surface area contributed by atoms with Gasteiger partial charge in [-0.1, -0.05) is 6.92 Å². The molecule has 1 fully saturated rings. The molecule has 6 heteroatoms. The second kappa shape index (κ2) is 5.19. The molecule has 1 saturated heterocycles. The van der Waals surface area contributed by atoms with Gasteiger partial charge in [0.1, 0.15) is 9.54 Å². The van der Waals surface area contributed by atoms with Crippen molar-refractivity contribution >= 4 is 33.2 Å². The zero-order chi connectivity index (χ0) is 13.3. The van der Waals surface area contributed by atoms with Gasteiger partial charge in [0.2, 0.25) is 0 Å². The number of halogens is 1. The molecule has 1 aromatic rings. The Balaban J connectivity index is 2.12. The number of likely N-dealkylation sites (tertiary alicyclic amines) is 1. The Kier molecular flexibility index (Phi) is 3.99. The monoisotopic (exact) mass is 332 g/mol. The summed E-state index contributed by atoms with van der Waals surface area (Å²) < 4.78 is 6.03. The highest BCUT2D eigenvalue weighted by Crippen LogP contribution is 2.36. The molecule has 0 bridgehead atoms. The van der Waals surface area contributed by atoms with Crippen molar-refractivity contribution < 1.29 is 9.53 Å². The minimum absolute atomic E-state index is 0.0637. The van der Waals surface area contributed by atoms with Gasteiger partial charge in [-0.3, -0.25) is 4.79 Å². The summed E-state index contributed by atoms with van der Waals surface area (Å²) in [6, 6.07) is 1.79. The number of thiophene rings is 1. The lowest BCUT2D eigenvalue weighted by atomic mass is 9.90. The molecule has 2 heterocycles. The SMILES string of the molecule is COc1cc(C(=O)N2CCC(C)(CN)C2)sc1Br. The number of rotatable bonds is 3. The highest BCUT2D eigenvalue weighted by molar-refractivity contribution is 9.11. The Morgan fingerprint density at radius 2 is 2.44 bits per heavy atom. The summed E-state index contributed by atoms with van der Waals surface area (Å²) in [5.41, 5.74) is 5.82. The first-order chi connectivity index (χ1) is 8.49. The summed E-state index contributed by atoms with van der Waals surface area (Å²) in [5, 5.41) is 0. The van der Waals surface area contributed by atoms with Crippen molar-refractivity contribution in [3.63, 3.8) is 0 Å². The Morgan fingerprint density at radius 1 is 1.72 bits per heavy atom. The van der Waals surface area contributed by atoms with Gasteiger partial charge in [-0.2, -0.15) is 0 Å². The molecule has 0 radical (unpaired) electrons. The molecule has 2 rings (SSSR count). The summed E-state index contributed by atoms with van der Waals surface area (Å²) in [6.45, 7) is 4.27. The van der Waals surface area contributed by atoms with Crippen molar-refractivity contribution in [3.05, 3.63) is 14.7 Å². The van der Waals surface area contributed by atoms with Crippen LogP contribution in [0.4, 0.5) is 0 Å². The zero-order valence-electron chi connectivity index (χ0n) is 10.5. The van der Waals surface area contributed by atoms with Crippen LogP contribution in [0.15, 0.2) is 9.85 Å². The maximum absolute atomic E-state index is 12.4. The summed E-state index contributed by atoms with van der Waals surface area (Å²) in [7, 11) is 1.60. The van der Waals surface area contributed by atoms with E-state index >= 15 is 0 Å². The van der Waals surface area contributed by atoms with Crippen molar-refractivity contribution in [1.82, 2.24) is 4.90 Å². The molecule has 1 aromatic heterocycles. The first-order valence-corrected chi connectivity index (χ1v) is 7.43. The van der Waals surface area contributed by atoms with Crippen molar-refractivity contribution in [1.29, 1.82) is 0 Å². The topological polar surface area (TPSA) is 55.6 Å². The first-order valence-electron chi connectivity index (χ1n) is 5.82. The number of carbonyl (C=O) groups excluding carboxylic acids is 1. The lowest BCUT2D eigenvalue weighted by Crippen LogP contribution is -2.34. The Hall–Kier alpha value is -0.590. The fourth-order valence-corrected chi connectivity index (χ4v) is 3.73. The molecule has 1 aliphatic heterocycles. The van der Waals surface area contributed by atoms with Crippen molar-refractivity contribution in [3.8, 4) is 5.75 Å². The Bertz CT molecular complexity index is 463. The molecule has 1 amide bonds. The minimum Gasteiger partial charge on any atom is -0.495 e. The van der Waals surface area contributed by atoms with Gasteiger partial charge in [0.25, 0.3) is 5.91 Å². The number of nitrogens with two attached hydrogens (primary N) is 1. The average Bonchev–Trinajstić information content (AvgIpc) is 2.93. The molecule has 1 unspecified atom stereocenters. The molecule has 1 aliphatic rings. The highest BCUT2D eigenvalue weighted by Gasteiger charge is 2.35. The number of hydrogen-bond donors (Lipinski definition) is 1. The second-order valence-electron chi connectivity index (χ2n) is 4.94. The van der Waals surface area contributed by atoms with Gasteiger partial charge in [0.15, 0.2) is 0 Å². The lowest BCUT2D eigenvalue weighted by Gasteiger charge is -2.22. The largest absolute Gasteiger partial charge is 0.495 e. The normalized spacial score (nSPS) is 23.4. The van der Waals surface area contributed by atoms with Gasteiger partial charge in [-0.05, 0) is 34.3 Å². The maximum Gasteiger partial charge on any atom is 0.264 e. The predicted molar refractivity (Wildman–Crippen MR) is 76.3 cm³/mol. The van der Waals surface area contributed by atoms with E-state index < -0.39 is 0 Å². The molecular formula is C12H17BrN2O2S. The van der Waals surface area contributed by atoms with Crippen molar-refractivity contribution in [2.24, 2.45) is 11.1 Å². The van der Waals surface area contributed by atoms with Crippen LogP contribution in [0, 0.1) is 5.41 Å². The fourth-order valence-electron chi connectivity index (χ4n) is 2.12. The number of methoxy groups -OCH3 is 1. The zero-order valence-corrected chi connectivity index (χ0v) is 12.9. The molecule has 0 aromatic carbocycles. The van der Waals surface area contributed by atoms with Crippen molar-refractivity contribution in [2.75, 3.05) is 26.7 Å². The van der Waals surface area contributed by atoms with Gasteiger partial charge in [0.05, 0.1) is 12.0 Å². The molecule has 18 heavy (non-hydrogen) atoms. The van der Waals surface area contributed by atoms with Crippen LogP contribution < -0.4 is 10.5 Å². The number of nitrogens with zero attached hydrogens (tertiary/aromatic N) is 1. The van der Waals surface area contributed by atoms with Crippen LogP contribution in [0.3, 0.4) is 0 Å². The van der Waals surface area contributed by atoms with Gasteiger partial charge >= 0.3 is 0 Å². The number of carbonyl (C=O) groups is 1. The predicted octanol–water partition coefficient (Wildman–Crippen LogP) is 2.33. The fraction of sp³-hybridized carbons (Fsp3) is 0.583. The molecule has 100 valence electrons. The van der Waals surface area contributed by atoms with Crippen LogP contribution in [0.25, 0.3) is 0 Å². The third-order valence-corrected chi connectivity index (χ3v) is 5.19. The third kappa shape index (κ3) is 2.55. The average molecular weight is 333 g/mol. The third-order valence-electron chi connectivity index (χ3n) is 3.42. The Labute approximate surface area is 119 Å². The molecule has 2 N–H and O–H groups in total. The van der Waals surface area contributed by atoms with E-state index in [2.05, 4.69) is 22.9 Å². The molecule has 0 aliphatic carbocycles. The van der Waals surface area contributed by atoms with E-state index in [1.165, 1.54) is 11.3 Å². The Morgan fingerprint density at radius 3 is 2.94 bits per heavy atom. The summed E-state index contributed by atoms with van der Waals surface area (Å²) in [6.07, 6.45) is 0.971.